The van der Waals surface area contributed by atoms with Crippen LogP contribution in [-0.2, 0) is 9.53 Å². The number of aliphatic hydroxyl groups excluding tert-OH is 5. The largest absolute Gasteiger partial charge is 0.455 e. The van der Waals surface area contributed by atoms with Gasteiger partial charge in [-0.2, -0.15) is 0 Å². The maximum absolute atomic E-state index is 12.0. The van der Waals surface area contributed by atoms with Crippen LogP contribution in [0.2, 0.25) is 0 Å². The summed E-state index contributed by atoms with van der Waals surface area (Å²) in [5.41, 5.74) is -0.496. The molecule has 3 rings (SSSR count). The number of fused-ring (bicyclic) bond motifs is 3. The molecule has 0 amide bonds. The molecule has 0 unspecified atom stereocenters. The Morgan fingerprint density at radius 2 is 1.66 bits per heavy atom. The summed E-state index contributed by atoms with van der Waals surface area (Å²) in [5.74, 6) is -1.89. The summed E-state index contributed by atoms with van der Waals surface area (Å²) in [4.78, 5) is 12.0. The van der Waals surface area contributed by atoms with Gasteiger partial charge < -0.3 is 30.3 Å². The van der Waals surface area contributed by atoms with Crippen LogP contribution in [0.25, 0.3) is 0 Å². The molecule has 2 fully saturated rings. The van der Waals surface area contributed by atoms with Gasteiger partial charge in [0.25, 0.3) is 0 Å². The van der Waals surface area contributed by atoms with E-state index in [1.165, 1.54) is 6.92 Å². The van der Waals surface area contributed by atoms with Crippen LogP contribution in [-0.4, -0.2) is 68.1 Å². The van der Waals surface area contributed by atoms with Crippen molar-refractivity contribution in [1.82, 2.24) is 0 Å². The van der Waals surface area contributed by atoms with Crippen molar-refractivity contribution in [2.45, 2.75) is 84.1 Å². The molecule has 0 saturated heterocycles. The molecule has 3 aliphatic rings. The fourth-order valence-corrected chi connectivity index (χ4v) is 6.17. The van der Waals surface area contributed by atoms with Crippen LogP contribution in [0.3, 0.4) is 0 Å². The zero-order valence-electron chi connectivity index (χ0n) is 17.8. The highest BCUT2D eigenvalue weighted by atomic mass is 16.6. The minimum atomic E-state index is -1.37. The Morgan fingerprint density at radius 1 is 1.07 bits per heavy atom. The van der Waals surface area contributed by atoms with Gasteiger partial charge in [-0.3, -0.25) is 4.79 Å². The average molecular weight is 411 g/mol. The zero-order chi connectivity index (χ0) is 22.0. The molecule has 0 aromatic rings. The van der Waals surface area contributed by atoms with Gasteiger partial charge >= 0.3 is 5.97 Å². The molecule has 2 saturated carbocycles. The number of aliphatic hydroxyl groups is 5. The molecule has 7 heteroatoms. The van der Waals surface area contributed by atoms with Gasteiger partial charge in [-0.1, -0.05) is 27.4 Å². The highest BCUT2D eigenvalue weighted by Gasteiger charge is 2.63. The average Bonchev–Trinajstić information content (AvgIpc) is 2.60. The topological polar surface area (TPSA) is 127 Å². The monoisotopic (exact) mass is 410 g/mol. The zero-order valence-corrected chi connectivity index (χ0v) is 17.8. The highest BCUT2D eigenvalue weighted by molar-refractivity contribution is 5.67. The lowest BCUT2D eigenvalue weighted by atomic mass is 9.48. The summed E-state index contributed by atoms with van der Waals surface area (Å²) < 4.78 is 5.60. The number of hydrogen-bond donors (Lipinski definition) is 5. The molecule has 2 bridgehead atoms. The molecule has 0 radical (unpaired) electrons. The molecule has 164 valence electrons. The Hall–Kier alpha value is -1.25. The summed E-state index contributed by atoms with van der Waals surface area (Å²) >= 11 is 0. The second-order valence-electron chi connectivity index (χ2n) is 9.83. The Balaban J connectivity index is 2.31. The summed E-state index contributed by atoms with van der Waals surface area (Å²) in [5, 5.41) is 55.1. The molecule has 0 aromatic carbocycles. The van der Waals surface area contributed by atoms with Gasteiger partial charge in [0, 0.05) is 24.7 Å². The molecule has 0 heterocycles. The molecule has 5 N–H and O–H groups in total. The van der Waals surface area contributed by atoms with Gasteiger partial charge in [-0.25, -0.2) is 0 Å². The van der Waals surface area contributed by atoms with E-state index in [9.17, 15) is 30.3 Å². The van der Waals surface area contributed by atoms with Crippen molar-refractivity contribution in [2.75, 3.05) is 0 Å². The number of ether oxygens (including phenoxy) is 1. The van der Waals surface area contributed by atoms with Crippen molar-refractivity contribution in [3.63, 3.8) is 0 Å². The van der Waals surface area contributed by atoms with Crippen LogP contribution in [0.1, 0.15) is 47.5 Å². The van der Waals surface area contributed by atoms with Crippen molar-refractivity contribution in [3.05, 3.63) is 23.3 Å². The smallest absolute Gasteiger partial charge is 0.303 e. The van der Waals surface area contributed by atoms with Crippen molar-refractivity contribution in [3.8, 4) is 0 Å². The van der Waals surface area contributed by atoms with E-state index >= 15 is 0 Å². The summed E-state index contributed by atoms with van der Waals surface area (Å²) in [6.45, 7) is 12.4. The van der Waals surface area contributed by atoms with Crippen LogP contribution in [0, 0.1) is 22.7 Å². The van der Waals surface area contributed by atoms with Crippen molar-refractivity contribution in [2.24, 2.45) is 22.7 Å². The Bertz CT molecular complexity index is 741. The maximum atomic E-state index is 12.0. The van der Waals surface area contributed by atoms with Gasteiger partial charge in [0.1, 0.15) is 6.10 Å². The third kappa shape index (κ3) is 3.10. The predicted octanol–water partition coefficient (Wildman–Crippen LogP) is 0.681. The first-order valence-electron chi connectivity index (χ1n) is 10.2. The molecular weight excluding hydrogens is 376 g/mol. The lowest BCUT2D eigenvalue weighted by Crippen LogP contribution is -2.66. The van der Waals surface area contributed by atoms with Gasteiger partial charge in [0.2, 0.25) is 0 Å². The van der Waals surface area contributed by atoms with Crippen LogP contribution in [0.15, 0.2) is 23.3 Å². The van der Waals surface area contributed by atoms with Crippen LogP contribution in [0.5, 0.6) is 0 Å². The third-order valence-electron chi connectivity index (χ3n) is 7.94. The number of esters is 1. The molecular formula is C22H34O7. The van der Waals surface area contributed by atoms with E-state index in [0.717, 1.165) is 0 Å². The summed E-state index contributed by atoms with van der Waals surface area (Å²) in [7, 11) is 0. The van der Waals surface area contributed by atoms with Crippen molar-refractivity contribution in [1.29, 1.82) is 0 Å². The standard InChI is InChI=1S/C22H34O7/c1-9-14(25)8-15(26)22(6)16(9)18(27)12-7-13(24)10(2)17(21(12,4)5)19(20(22)28)29-11(3)23/h12-16,18-20,24-28H,1,7-8H2,2-6H3/t12-,13-,14-,15-,16-,18+,19+,20-,22+/m0/s1. The minimum absolute atomic E-state index is 0.0306. The van der Waals surface area contributed by atoms with E-state index in [1.807, 2.05) is 13.8 Å². The summed E-state index contributed by atoms with van der Waals surface area (Å²) in [6.07, 6.45) is -6.33. The molecule has 7 nitrogen and oxygen atoms in total. The second-order valence-corrected chi connectivity index (χ2v) is 9.83. The number of rotatable bonds is 1. The first-order valence-corrected chi connectivity index (χ1v) is 10.2. The summed E-state index contributed by atoms with van der Waals surface area (Å²) in [6, 6.07) is 0. The van der Waals surface area contributed by atoms with Crippen molar-refractivity contribution < 1.29 is 35.1 Å². The van der Waals surface area contributed by atoms with Crippen LogP contribution >= 0.6 is 0 Å². The van der Waals surface area contributed by atoms with Gasteiger partial charge in [-0.05, 0) is 41.4 Å². The third-order valence-corrected chi connectivity index (χ3v) is 7.94. The molecule has 0 aromatic heterocycles. The van der Waals surface area contributed by atoms with Gasteiger partial charge in [0.15, 0.2) is 6.10 Å². The molecule has 0 aliphatic heterocycles. The van der Waals surface area contributed by atoms with Gasteiger partial charge in [0.05, 0.1) is 24.4 Å². The lowest BCUT2D eigenvalue weighted by Gasteiger charge is -2.60. The van der Waals surface area contributed by atoms with E-state index in [1.54, 1.807) is 13.8 Å². The quantitative estimate of drug-likeness (QED) is 0.318. The predicted molar refractivity (Wildman–Crippen MR) is 106 cm³/mol. The second kappa shape index (κ2) is 7.17. The normalized spacial score (nSPS) is 47.2. The van der Waals surface area contributed by atoms with Crippen LogP contribution < -0.4 is 0 Å². The molecule has 29 heavy (non-hydrogen) atoms. The van der Waals surface area contributed by atoms with E-state index < -0.39 is 65.3 Å². The maximum Gasteiger partial charge on any atom is 0.303 e. The lowest BCUT2D eigenvalue weighted by molar-refractivity contribution is -0.204. The van der Waals surface area contributed by atoms with Crippen molar-refractivity contribution >= 4 is 5.97 Å². The number of carbonyl (C=O) groups is 1. The minimum Gasteiger partial charge on any atom is -0.455 e. The Kier molecular flexibility index (Phi) is 5.54. The van der Waals surface area contributed by atoms with E-state index in [2.05, 4.69) is 6.58 Å². The molecule has 0 spiro atoms. The first-order chi connectivity index (χ1) is 13.3. The van der Waals surface area contributed by atoms with Crippen LogP contribution in [0.4, 0.5) is 0 Å². The SMILES string of the molecule is C=C1[C@@H](O)C[C@H](O)[C@@]2(C)[C@@H](O)[C@H](OC(C)=O)C3=C(C)[C@@H](O)C[C@@H]([C@@H](O)[C@H]12)C3(C)C. The molecule has 9 atom stereocenters. The fourth-order valence-electron chi connectivity index (χ4n) is 6.17. The van der Waals surface area contributed by atoms with E-state index in [4.69, 9.17) is 4.74 Å². The Morgan fingerprint density at radius 3 is 2.21 bits per heavy atom. The van der Waals surface area contributed by atoms with E-state index in [0.29, 0.717) is 16.7 Å². The number of carbonyl (C=O) groups excluding carboxylic acids is 1. The van der Waals surface area contributed by atoms with Gasteiger partial charge in [-0.15, -0.1) is 0 Å². The van der Waals surface area contributed by atoms with E-state index in [-0.39, 0.29) is 12.8 Å². The fraction of sp³-hybridized carbons (Fsp3) is 0.773. The number of hydrogen-bond acceptors (Lipinski definition) is 7. The Labute approximate surface area is 171 Å². The highest BCUT2D eigenvalue weighted by Crippen LogP contribution is 2.59. The molecule has 3 aliphatic carbocycles. The first kappa shape index (κ1) is 22.4.